The van der Waals surface area contributed by atoms with Gasteiger partial charge in [-0.15, -0.1) is 0 Å². The van der Waals surface area contributed by atoms with Crippen molar-refractivity contribution < 1.29 is 24.5 Å². The molecule has 1 amide bonds. The number of allylic oxidation sites excluding steroid dienone is 8. The molecule has 0 bridgehead atoms. The fourth-order valence-electron chi connectivity index (χ4n) is 7.84. The number of unbranched alkanes of at least 4 members (excludes halogenated alkanes) is 27. The summed E-state index contributed by atoms with van der Waals surface area (Å²) in [6.45, 7) is 6.43. The van der Waals surface area contributed by atoms with Gasteiger partial charge in [0.2, 0.25) is 5.91 Å². The number of esters is 1. The normalized spacial score (nSPS) is 13.6. The molecule has 0 aliphatic carbocycles. The van der Waals surface area contributed by atoms with Crippen molar-refractivity contribution in [2.75, 3.05) is 6.61 Å². The van der Waals surface area contributed by atoms with Crippen LogP contribution in [0.3, 0.4) is 0 Å². The van der Waals surface area contributed by atoms with Crippen LogP contribution in [0.25, 0.3) is 0 Å². The van der Waals surface area contributed by atoms with Crippen molar-refractivity contribution in [2.24, 2.45) is 0 Å². The fraction of sp³-hybridized carbons (Fsp3) is 0.818. The highest BCUT2D eigenvalue weighted by molar-refractivity contribution is 5.77. The van der Waals surface area contributed by atoms with E-state index in [1.165, 1.54) is 128 Å². The van der Waals surface area contributed by atoms with E-state index >= 15 is 0 Å². The maximum absolute atomic E-state index is 13.2. The molecule has 0 saturated carbocycles. The smallest absolute Gasteiger partial charge is 0.306 e. The highest BCUT2D eigenvalue weighted by Crippen LogP contribution is 2.17. The third kappa shape index (κ3) is 44.2. The molecule has 61 heavy (non-hydrogen) atoms. The Hall–Kier alpha value is -2.18. The van der Waals surface area contributed by atoms with Crippen LogP contribution >= 0.6 is 0 Å². The van der Waals surface area contributed by atoms with Gasteiger partial charge in [0.15, 0.2) is 0 Å². The maximum Gasteiger partial charge on any atom is 0.306 e. The third-order valence-corrected chi connectivity index (χ3v) is 11.9. The summed E-state index contributed by atoms with van der Waals surface area (Å²) in [5, 5.41) is 23.7. The van der Waals surface area contributed by atoms with Crippen molar-refractivity contribution in [3.05, 3.63) is 48.6 Å². The molecular weight excluding hydrogens is 755 g/mol. The number of nitrogens with one attached hydrogen (secondary N) is 1. The van der Waals surface area contributed by atoms with Crippen molar-refractivity contribution >= 4 is 11.9 Å². The van der Waals surface area contributed by atoms with Gasteiger partial charge in [0.25, 0.3) is 0 Å². The maximum atomic E-state index is 13.2. The highest BCUT2D eigenvalue weighted by Gasteiger charge is 2.24. The number of hydrogen-bond acceptors (Lipinski definition) is 5. The first-order chi connectivity index (χ1) is 30.0. The van der Waals surface area contributed by atoms with Gasteiger partial charge in [0.1, 0.15) is 6.10 Å². The number of carbonyl (C=O) groups excluding carboxylic acids is 2. The zero-order chi connectivity index (χ0) is 44.5. The van der Waals surface area contributed by atoms with Crippen molar-refractivity contribution in [3.8, 4) is 0 Å². The van der Waals surface area contributed by atoms with Crippen LogP contribution in [0, 0.1) is 0 Å². The van der Waals surface area contributed by atoms with E-state index in [4.69, 9.17) is 4.74 Å². The average molecular weight is 856 g/mol. The summed E-state index contributed by atoms with van der Waals surface area (Å²) in [5.41, 5.74) is 0. The van der Waals surface area contributed by atoms with Crippen molar-refractivity contribution in [1.29, 1.82) is 0 Å². The predicted molar refractivity (Wildman–Crippen MR) is 264 cm³/mol. The quantitative estimate of drug-likeness (QED) is 0.0322. The molecule has 6 nitrogen and oxygen atoms in total. The summed E-state index contributed by atoms with van der Waals surface area (Å²) in [4.78, 5) is 26.1. The molecule has 0 aliphatic rings. The lowest BCUT2D eigenvalue weighted by Crippen LogP contribution is -2.46. The summed E-state index contributed by atoms with van der Waals surface area (Å²) in [6.07, 6.45) is 58.9. The molecule has 356 valence electrons. The second-order valence-corrected chi connectivity index (χ2v) is 17.9. The number of carbonyl (C=O) groups is 2. The predicted octanol–water partition coefficient (Wildman–Crippen LogP) is 15.8. The Morgan fingerprint density at radius 2 is 0.836 bits per heavy atom. The number of rotatable bonds is 47. The van der Waals surface area contributed by atoms with E-state index in [0.29, 0.717) is 19.3 Å². The summed E-state index contributed by atoms with van der Waals surface area (Å²) in [7, 11) is 0. The van der Waals surface area contributed by atoms with E-state index in [0.717, 1.165) is 89.9 Å². The molecule has 0 aromatic rings. The Kier molecular flexibility index (Phi) is 47.1. The van der Waals surface area contributed by atoms with Crippen LogP contribution < -0.4 is 5.32 Å². The second kappa shape index (κ2) is 48.8. The number of aliphatic hydroxyl groups is 2. The Morgan fingerprint density at radius 3 is 1.33 bits per heavy atom. The minimum absolute atomic E-state index is 0.0621. The fourth-order valence-corrected chi connectivity index (χ4v) is 7.84. The molecule has 3 N–H and O–H groups in total. The Bertz CT molecular complexity index is 1050. The van der Waals surface area contributed by atoms with E-state index in [2.05, 4.69) is 74.7 Å². The highest BCUT2D eigenvalue weighted by atomic mass is 16.5. The van der Waals surface area contributed by atoms with Crippen LogP contribution in [0.1, 0.15) is 265 Å². The van der Waals surface area contributed by atoms with Crippen molar-refractivity contribution in [3.63, 3.8) is 0 Å². The molecule has 3 unspecified atom stereocenters. The molecule has 0 fully saturated rings. The summed E-state index contributed by atoms with van der Waals surface area (Å²) in [5.74, 6) is -0.499. The van der Waals surface area contributed by atoms with Crippen LogP contribution in [0.4, 0.5) is 0 Å². The zero-order valence-electron chi connectivity index (χ0n) is 40.5. The van der Waals surface area contributed by atoms with E-state index in [9.17, 15) is 19.8 Å². The Balaban J connectivity index is 4.57. The van der Waals surface area contributed by atoms with Gasteiger partial charge in [0, 0.05) is 6.42 Å². The molecule has 0 rings (SSSR count). The van der Waals surface area contributed by atoms with Gasteiger partial charge in [-0.05, 0) is 89.9 Å². The standard InChI is InChI=1S/C55H101NO5/c1-4-7-10-13-16-19-21-23-25-26-27-28-29-31-33-36-39-42-45-48-55(60)61-51(46-43-40-37-35-32-30-24-22-20-17-14-11-8-5-2)49-54(59)56-52(50-57)53(58)47-44-41-38-34-18-15-12-9-6-3/h16,19,23,25,27-28,30,32,51-53,57-58H,4-15,17-18,20-22,24,26,29,31,33-50H2,1-3H3,(H,56,59)/b19-16-,25-23-,28-27-,32-30+. The van der Waals surface area contributed by atoms with Gasteiger partial charge in [-0.2, -0.15) is 0 Å². The molecule has 3 atom stereocenters. The van der Waals surface area contributed by atoms with Crippen molar-refractivity contribution in [2.45, 2.75) is 283 Å². The van der Waals surface area contributed by atoms with Gasteiger partial charge in [0.05, 0.1) is 25.2 Å². The Labute approximate surface area is 378 Å². The van der Waals surface area contributed by atoms with E-state index in [-0.39, 0.29) is 24.9 Å². The number of aliphatic hydroxyl groups excluding tert-OH is 2. The van der Waals surface area contributed by atoms with E-state index in [1.54, 1.807) is 0 Å². The first kappa shape index (κ1) is 58.8. The molecule has 0 heterocycles. The summed E-state index contributed by atoms with van der Waals surface area (Å²) >= 11 is 0. The van der Waals surface area contributed by atoms with E-state index in [1.807, 2.05) is 0 Å². The van der Waals surface area contributed by atoms with Crippen LogP contribution in [0.5, 0.6) is 0 Å². The molecular formula is C55H101NO5. The molecule has 0 radical (unpaired) electrons. The van der Waals surface area contributed by atoms with Crippen LogP contribution in [0.15, 0.2) is 48.6 Å². The summed E-state index contributed by atoms with van der Waals surface area (Å²) in [6, 6.07) is -0.707. The average Bonchev–Trinajstić information content (AvgIpc) is 3.25. The van der Waals surface area contributed by atoms with Gasteiger partial charge in [-0.25, -0.2) is 0 Å². The molecule has 0 saturated heterocycles. The minimum atomic E-state index is -0.792. The van der Waals surface area contributed by atoms with E-state index < -0.39 is 18.2 Å². The van der Waals surface area contributed by atoms with Gasteiger partial charge in [-0.3, -0.25) is 9.59 Å². The topological polar surface area (TPSA) is 95.9 Å². The van der Waals surface area contributed by atoms with Crippen LogP contribution in [-0.2, 0) is 14.3 Å². The number of ether oxygens (including phenoxy) is 1. The van der Waals surface area contributed by atoms with Gasteiger partial charge < -0.3 is 20.3 Å². The lowest BCUT2D eigenvalue weighted by Gasteiger charge is -2.24. The number of amides is 1. The molecule has 0 aromatic carbocycles. The van der Waals surface area contributed by atoms with Crippen LogP contribution in [0.2, 0.25) is 0 Å². The SMILES string of the molecule is CCCCC/C=C\C/C=C\C/C=C\CCCCCCCCC(=O)OC(CCCCC/C=C/CCCCCCCCC)CC(=O)NC(CO)C(O)CCCCCCCCCCC. The third-order valence-electron chi connectivity index (χ3n) is 11.9. The second-order valence-electron chi connectivity index (χ2n) is 17.9. The zero-order valence-corrected chi connectivity index (χ0v) is 40.5. The molecule has 0 aliphatic heterocycles. The van der Waals surface area contributed by atoms with Gasteiger partial charge in [-0.1, -0.05) is 211 Å². The first-order valence-corrected chi connectivity index (χ1v) is 26.4. The lowest BCUT2D eigenvalue weighted by molar-refractivity contribution is -0.151. The minimum Gasteiger partial charge on any atom is -0.462 e. The Morgan fingerprint density at radius 1 is 0.475 bits per heavy atom. The molecule has 0 spiro atoms. The van der Waals surface area contributed by atoms with Crippen LogP contribution in [-0.4, -0.2) is 46.9 Å². The lowest BCUT2D eigenvalue weighted by atomic mass is 10.0. The summed E-state index contributed by atoms with van der Waals surface area (Å²) < 4.78 is 5.93. The van der Waals surface area contributed by atoms with Gasteiger partial charge >= 0.3 is 5.97 Å². The monoisotopic (exact) mass is 856 g/mol. The van der Waals surface area contributed by atoms with Crippen molar-refractivity contribution in [1.82, 2.24) is 5.32 Å². The largest absolute Gasteiger partial charge is 0.462 e. The first-order valence-electron chi connectivity index (χ1n) is 26.4. The number of hydrogen-bond donors (Lipinski definition) is 3. The molecule has 0 aromatic heterocycles. The molecule has 6 heteroatoms.